The van der Waals surface area contributed by atoms with E-state index in [-0.39, 0.29) is 17.2 Å². The molecule has 1 aromatic carbocycles. The van der Waals surface area contributed by atoms with Crippen molar-refractivity contribution < 1.29 is 9.53 Å². The average molecular weight is 339 g/mol. The molecule has 3 N–H and O–H groups in total. The van der Waals surface area contributed by atoms with Crippen molar-refractivity contribution in [2.45, 2.75) is 44.6 Å². The van der Waals surface area contributed by atoms with Gasteiger partial charge in [0.05, 0.1) is 6.04 Å². The van der Waals surface area contributed by atoms with Crippen LogP contribution in [0.25, 0.3) is 0 Å². The van der Waals surface area contributed by atoms with Gasteiger partial charge in [-0.3, -0.25) is 4.79 Å². The van der Waals surface area contributed by atoms with Crippen molar-refractivity contribution in [2.24, 2.45) is 11.7 Å². The Morgan fingerprint density at radius 2 is 2.13 bits per heavy atom. The van der Waals surface area contributed by atoms with Crippen LogP contribution in [0.2, 0.25) is 5.02 Å². The molecule has 2 atom stereocenters. The van der Waals surface area contributed by atoms with E-state index in [1.54, 1.807) is 0 Å². The first-order valence-corrected chi connectivity index (χ1v) is 8.73. The molecule has 4 nitrogen and oxygen atoms in total. The summed E-state index contributed by atoms with van der Waals surface area (Å²) in [4.78, 5) is 12.3. The van der Waals surface area contributed by atoms with Crippen LogP contribution in [0.15, 0.2) is 24.3 Å². The van der Waals surface area contributed by atoms with Crippen LogP contribution in [-0.2, 0) is 14.9 Å². The van der Waals surface area contributed by atoms with Gasteiger partial charge in [-0.25, -0.2) is 0 Å². The molecule has 0 aromatic heterocycles. The minimum Gasteiger partial charge on any atom is -0.381 e. The molecule has 0 spiro atoms. The molecule has 2 rings (SSSR count). The molecule has 1 aliphatic heterocycles. The first-order chi connectivity index (χ1) is 11.0. The van der Waals surface area contributed by atoms with E-state index in [1.807, 2.05) is 32.0 Å². The number of carbonyl (C=O) groups is 1. The number of nitrogens with one attached hydrogen (secondary N) is 1. The molecular formula is C18H27ClN2O2. The van der Waals surface area contributed by atoms with Crippen LogP contribution >= 0.6 is 11.6 Å². The Kier molecular flexibility index (Phi) is 6.45. The zero-order chi connectivity index (χ0) is 16.9. The van der Waals surface area contributed by atoms with Crippen molar-refractivity contribution in [3.63, 3.8) is 0 Å². The summed E-state index contributed by atoms with van der Waals surface area (Å²) in [6.45, 7) is 6.01. The Labute approximate surface area is 143 Å². The zero-order valence-corrected chi connectivity index (χ0v) is 14.7. The van der Waals surface area contributed by atoms with E-state index >= 15 is 0 Å². The van der Waals surface area contributed by atoms with Gasteiger partial charge in [0.15, 0.2) is 0 Å². The fraction of sp³-hybridized carbons (Fsp3) is 0.611. The highest BCUT2D eigenvalue weighted by atomic mass is 35.5. The van der Waals surface area contributed by atoms with E-state index in [1.165, 1.54) is 0 Å². The number of rotatable bonds is 6. The molecule has 1 saturated heterocycles. The third kappa shape index (κ3) is 4.46. The third-order valence-corrected chi connectivity index (χ3v) is 5.28. The molecule has 0 radical (unpaired) electrons. The number of nitrogens with two attached hydrogens (primary N) is 1. The third-order valence-electron chi connectivity index (χ3n) is 5.05. The summed E-state index contributed by atoms with van der Waals surface area (Å²) < 4.78 is 5.52. The summed E-state index contributed by atoms with van der Waals surface area (Å²) in [5.41, 5.74) is 7.06. The largest absolute Gasteiger partial charge is 0.381 e. The Morgan fingerprint density at radius 3 is 2.74 bits per heavy atom. The lowest BCUT2D eigenvalue weighted by molar-refractivity contribution is -0.123. The van der Waals surface area contributed by atoms with Crippen molar-refractivity contribution in [1.82, 2.24) is 5.32 Å². The molecule has 0 aliphatic carbocycles. The predicted molar refractivity (Wildman–Crippen MR) is 93.6 cm³/mol. The van der Waals surface area contributed by atoms with Crippen LogP contribution in [0, 0.1) is 5.92 Å². The summed E-state index contributed by atoms with van der Waals surface area (Å²) in [5.74, 6) is 0.0963. The molecule has 1 heterocycles. The highest BCUT2D eigenvalue weighted by Crippen LogP contribution is 2.35. The second-order valence-electron chi connectivity index (χ2n) is 6.53. The van der Waals surface area contributed by atoms with E-state index in [4.69, 9.17) is 22.1 Å². The lowest BCUT2D eigenvalue weighted by Crippen LogP contribution is -2.50. The van der Waals surface area contributed by atoms with Gasteiger partial charge in [-0.1, -0.05) is 44.0 Å². The summed E-state index contributed by atoms with van der Waals surface area (Å²) in [5, 5.41) is 3.78. The van der Waals surface area contributed by atoms with Gasteiger partial charge in [0.25, 0.3) is 0 Å². The van der Waals surface area contributed by atoms with Crippen molar-refractivity contribution >= 4 is 17.5 Å². The predicted octanol–water partition coefficient (Wildman–Crippen LogP) is 2.88. The fourth-order valence-electron chi connectivity index (χ4n) is 3.03. The van der Waals surface area contributed by atoms with Crippen LogP contribution in [0.3, 0.4) is 0 Å². The van der Waals surface area contributed by atoms with Gasteiger partial charge in [0.2, 0.25) is 5.91 Å². The van der Waals surface area contributed by atoms with Crippen molar-refractivity contribution in [2.75, 3.05) is 19.8 Å². The summed E-state index contributed by atoms with van der Waals surface area (Å²) in [7, 11) is 0. The lowest BCUT2D eigenvalue weighted by atomic mass is 9.74. The molecule has 128 valence electrons. The molecule has 5 heteroatoms. The van der Waals surface area contributed by atoms with Gasteiger partial charge in [0.1, 0.15) is 0 Å². The number of halogens is 1. The van der Waals surface area contributed by atoms with Crippen molar-refractivity contribution in [1.29, 1.82) is 0 Å². The number of carbonyl (C=O) groups excluding carboxylic acids is 1. The minimum atomic E-state index is -0.462. The van der Waals surface area contributed by atoms with Gasteiger partial charge >= 0.3 is 0 Å². The average Bonchev–Trinajstić information content (AvgIpc) is 2.59. The van der Waals surface area contributed by atoms with Crippen LogP contribution in [0.5, 0.6) is 0 Å². The number of hydrogen-bond donors (Lipinski definition) is 2. The van der Waals surface area contributed by atoms with Gasteiger partial charge in [-0.15, -0.1) is 0 Å². The molecule has 1 aliphatic rings. The van der Waals surface area contributed by atoms with Gasteiger partial charge in [-0.05, 0) is 36.5 Å². The Morgan fingerprint density at radius 1 is 1.43 bits per heavy atom. The highest BCUT2D eigenvalue weighted by molar-refractivity contribution is 6.30. The number of ether oxygens (including phenoxy) is 1. The van der Waals surface area contributed by atoms with E-state index < -0.39 is 6.04 Å². The first-order valence-electron chi connectivity index (χ1n) is 8.35. The summed E-state index contributed by atoms with van der Waals surface area (Å²) in [6.07, 6.45) is 2.63. The van der Waals surface area contributed by atoms with Crippen LogP contribution < -0.4 is 11.1 Å². The number of amides is 1. The standard InChI is InChI=1S/C18H27ClN2O2/c1-3-13(2)16(20)17(22)21-12-18(7-9-23-10-8-18)14-5-4-6-15(19)11-14/h4-6,11,13,16H,3,7-10,12,20H2,1-2H3,(H,21,22). The maximum atomic E-state index is 12.3. The second-order valence-corrected chi connectivity index (χ2v) is 6.97. The van der Waals surface area contributed by atoms with Gasteiger partial charge in [-0.2, -0.15) is 0 Å². The molecule has 23 heavy (non-hydrogen) atoms. The summed E-state index contributed by atoms with van der Waals surface area (Å²) >= 11 is 6.16. The molecule has 1 amide bonds. The monoisotopic (exact) mass is 338 g/mol. The zero-order valence-electron chi connectivity index (χ0n) is 14.0. The quantitative estimate of drug-likeness (QED) is 0.838. The molecule has 1 aromatic rings. The normalized spacial score (nSPS) is 19.8. The Hall–Kier alpha value is -1.10. The SMILES string of the molecule is CCC(C)C(N)C(=O)NCC1(c2cccc(Cl)c2)CCOCC1. The van der Waals surface area contributed by atoms with Crippen LogP contribution in [-0.4, -0.2) is 31.7 Å². The van der Waals surface area contributed by atoms with E-state index in [0.29, 0.717) is 19.8 Å². The Balaban J connectivity index is 2.12. The van der Waals surface area contributed by atoms with E-state index in [2.05, 4.69) is 11.4 Å². The fourth-order valence-corrected chi connectivity index (χ4v) is 3.22. The Bertz CT molecular complexity index is 530. The lowest BCUT2D eigenvalue weighted by Gasteiger charge is -2.38. The summed E-state index contributed by atoms with van der Waals surface area (Å²) in [6, 6.07) is 7.44. The molecule has 0 bridgehead atoms. The minimum absolute atomic E-state index is 0.0766. The molecule has 2 unspecified atom stereocenters. The van der Waals surface area contributed by atoms with E-state index in [9.17, 15) is 4.79 Å². The highest BCUT2D eigenvalue weighted by Gasteiger charge is 2.35. The molecule has 1 fully saturated rings. The second kappa shape index (κ2) is 8.13. The van der Waals surface area contributed by atoms with Gasteiger partial charge in [0, 0.05) is 30.2 Å². The maximum Gasteiger partial charge on any atom is 0.237 e. The van der Waals surface area contributed by atoms with Crippen molar-refractivity contribution in [3.8, 4) is 0 Å². The van der Waals surface area contributed by atoms with Crippen LogP contribution in [0.4, 0.5) is 0 Å². The van der Waals surface area contributed by atoms with E-state index in [0.717, 1.165) is 29.8 Å². The topological polar surface area (TPSA) is 64.4 Å². The molecule has 0 saturated carbocycles. The van der Waals surface area contributed by atoms with Crippen molar-refractivity contribution in [3.05, 3.63) is 34.9 Å². The smallest absolute Gasteiger partial charge is 0.237 e. The van der Waals surface area contributed by atoms with Gasteiger partial charge < -0.3 is 15.8 Å². The molecular weight excluding hydrogens is 312 g/mol. The number of hydrogen-bond acceptors (Lipinski definition) is 3. The van der Waals surface area contributed by atoms with Crippen LogP contribution in [0.1, 0.15) is 38.7 Å². The first kappa shape index (κ1) is 18.2. The number of benzene rings is 1. The maximum absolute atomic E-state index is 12.3.